The van der Waals surface area contributed by atoms with Gasteiger partial charge in [-0.15, -0.1) is 11.8 Å². The molecule has 68 valence electrons. The Hall–Kier alpha value is -0.830. The van der Waals surface area contributed by atoms with Crippen LogP contribution in [-0.2, 0) is 6.42 Å². The Balaban J connectivity index is 2.45. The maximum absolute atomic E-state index is 11.4. The fourth-order valence-electron chi connectivity index (χ4n) is 1.59. The predicted molar refractivity (Wildman–Crippen MR) is 53.3 cm³/mol. The van der Waals surface area contributed by atoms with Crippen LogP contribution in [0.5, 0.6) is 0 Å². The molecule has 0 spiro atoms. The Morgan fingerprint density at radius 2 is 2.23 bits per heavy atom. The molecule has 13 heavy (non-hydrogen) atoms. The fourth-order valence-corrected chi connectivity index (χ4v) is 2.00. The average molecular weight is 193 g/mol. The first kappa shape index (κ1) is 8.75. The van der Waals surface area contributed by atoms with Crippen molar-refractivity contribution in [2.75, 3.05) is 6.26 Å². The molecule has 0 bridgehead atoms. The molecule has 1 aromatic heterocycles. The minimum absolute atomic E-state index is 0.251. The zero-order chi connectivity index (χ0) is 9.26. The molecule has 0 saturated carbocycles. The predicted octanol–water partition coefficient (Wildman–Crippen LogP) is 2.32. The second kappa shape index (κ2) is 3.50. The van der Waals surface area contributed by atoms with Crippen LogP contribution >= 0.6 is 11.8 Å². The third-order valence-corrected chi connectivity index (χ3v) is 2.92. The van der Waals surface area contributed by atoms with Crippen molar-refractivity contribution in [1.82, 2.24) is 4.98 Å². The molecule has 2 rings (SSSR count). The number of hydrogen-bond acceptors (Lipinski definition) is 3. The Bertz CT molecular complexity index is 349. The van der Waals surface area contributed by atoms with E-state index in [2.05, 4.69) is 4.98 Å². The quantitative estimate of drug-likeness (QED) is 0.641. The lowest BCUT2D eigenvalue weighted by molar-refractivity contribution is 0.0971. The molecule has 0 aliphatic heterocycles. The van der Waals surface area contributed by atoms with Gasteiger partial charge in [-0.2, -0.15) is 0 Å². The Morgan fingerprint density at radius 1 is 1.38 bits per heavy atom. The van der Waals surface area contributed by atoms with Gasteiger partial charge in [0.25, 0.3) is 0 Å². The van der Waals surface area contributed by atoms with Gasteiger partial charge in [-0.1, -0.05) is 0 Å². The molecule has 1 aliphatic rings. The lowest BCUT2D eigenvalue weighted by Crippen LogP contribution is -2.12. The first-order valence-corrected chi connectivity index (χ1v) is 5.61. The zero-order valence-electron chi connectivity index (χ0n) is 7.54. The summed E-state index contributed by atoms with van der Waals surface area (Å²) < 4.78 is 0. The maximum atomic E-state index is 11.4. The average Bonchev–Trinajstić information content (AvgIpc) is 2.18. The lowest BCUT2D eigenvalue weighted by atomic mass is 9.95. The Morgan fingerprint density at radius 3 is 3.00 bits per heavy atom. The second-order valence-corrected chi connectivity index (χ2v) is 3.95. The number of carbonyl (C=O) groups excluding carboxylic acids is 1. The monoisotopic (exact) mass is 193 g/mol. The number of aromatic nitrogens is 1. The van der Waals surface area contributed by atoms with Gasteiger partial charge in [-0.3, -0.25) is 4.79 Å². The first-order chi connectivity index (χ1) is 6.31. The van der Waals surface area contributed by atoms with Crippen LogP contribution in [0.4, 0.5) is 0 Å². The SMILES string of the molecule is CSc1ccc2c(n1)CCCC2=O. The van der Waals surface area contributed by atoms with Gasteiger partial charge in [0, 0.05) is 12.0 Å². The Kier molecular flexibility index (Phi) is 2.36. The minimum Gasteiger partial charge on any atom is -0.294 e. The molecule has 0 N–H and O–H groups in total. The molecule has 0 atom stereocenters. The van der Waals surface area contributed by atoms with Gasteiger partial charge in [-0.05, 0) is 31.2 Å². The fraction of sp³-hybridized carbons (Fsp3) is 0.400. The van der Waals surface area contributed by atoms with Crippen molar-refractivity contribution < 1.29 is 4.79 Å². The summed E-state index contributed by atoms with van der Waals surface area (Å²) in [5, 5.41) is 1.01. The molecule has 2 nitrogen and oxygen atoms in total. The highest BCUT2D eigenvalue weighted by molar-refractivity contribution is 7.98. The van der Waals surface area contributed by atoms with Crippen LogP contribution in [0.1, 0.15) is 28.9 Å². The van der Waals surface area contributed by atoms with Crippen LogP contribution < -0.4 is 0 Å². The van der Waals surface area contributed by atoms with Gasteiger partial charge in [0.1, 0.15) is 0 Å². The minimum atomic E-state index is 0.251. The molecular formula is C10H11NOS. The van der Waals surface area contributed by atoms with Crippen molar-refractivity contribution in [1.29, 1.82) is 0 Å². The second-order valence-electron chi connectivity index (χ2n) is 3.12. The van der Waals surface area contributed by atoms with E-state index in [1.807, 2.05) is 18.4 Å². The summed E-state index contributed by atoms with van der Waals surface area (Å²) in [5.74, 6) is 0.251. The molecule has 0 amide bonds. The van der Waals surface area contributed by atoms with Crippen LogP contribution in [0, 0.1) is 0 Å². The Labute approximate surface area is 81.8 Å². The first-order valence-electron chi connectivity index (χ1n) is 4.38. The molecule has 0 fully saturated rings. The molecule has 0 saturated heterocycles. The largest absolute Gasteiger partial charge is 0.294 e. The van der Waals surface area contributed by atoms with E-state index in [1.165, 1.54) is 0 Å². The summed E-state index contributed by atoms with van der Waals surface area (Å²) in [6.07, 6.45) is 4.60. The molecular weight excluding hydrogens is 182 g/mol. The van der Waals surface area contributed by atoms with Gasteiger partial charge in [-0.25, -0.2) is 4.98 Å². The van der Waals surface area contributed by atoms with E-state index in [1.54, 1.807) is 11.8 Å². The van der Waals surface area contributed by atoms with Crippen molar-refractivity contribution in [3.8, 4) is 0 Å². The molecule has 0 radical (unpaired) electrons. The number of pyridine rings is 1. The van der Waals surface area contributed by atoms with E-state index >= 15 is 0 Å². The van der Waals surface area contributed by atoms with Crippen LogP contribution in [-0.4, -0.2) is 17.0 Å². The van der Waals surface area contributed by atoms with Crippen molar-refractivity contribution >= 4 is 17.5 Å². The third kappa shape index (κ3) is 1.61. The van der Waals surface area contributed by atoms with E-state index in [-0.39, 0.29) is 5.78 Å². The van der Waals surface area contributed by atoms with Crippen molar-refractivity contribution in [2.45, 2.75) is 24.3 Å². The van der Waals surface area contributed by atoms with Crippen molar-refractivity contribution in [2.24, 2.45) is 0 Å². The van der Waals surface area contributed by atoms with E-state index in [0.717, 1.165) is 29.1 Å². The third-order valence-electron chi connectivity index (χ3n) is 2.28. The number of carbonyl (C=O) groups is 1. The highest BCUT2D eigenvalue weighted by Crippen LogP contribution is 2.22. The molecule has 1 aromatic rings. The number of thioether (sulfide) groups is 1. The standard InChI is InChI=1S/C10H11NOS/c1-13-10-6-5-7-8(11-10)3-2-4-9(7)12/h5-6H,2-4H2,1H3. The van der Waals surface area contributed by atoms with E-state index in [0.29, 0.717) is 6.42 Å². The number of rotatable bonds is 1. The number of nitrogens with zero attached hydrogens (tertiary/aromatic N) is 1. The molecule has 1 heterocycles. The van der Waals surface area contributed by atoms with E-state index in [9.17, 15) is 4.79 Å². The van der Waals surface area contributed by atoms with E-state index < -0.39 is 0 Å². The van der Waals surface area contributed by atoms with Gasteiger partial charge < -0.3 is 0 Å². The van der Waals surface area contributed by atoms with Crippen LogP contribution in [0.15, 0.2) is 17.2 Å². The van der Waals surface area contributed by atoms with E-state index in [4.69, 9.17) is 0 Å². The van der Waals surface area contributed by atoms with Crippen molar-refractivity contribution in [3.05, 3.63) is 23.4 Å². The normalized spacial score (nSPS) is 15.6. The van der Waals surface area contributed by atoms with Gasteiger partial charge in [0.05, 0.1) is 10.7 Å². The number of aryl methyl sites for hydroxylation is 1. The molecule has 3 heteroatoms. The van der Waals surface area contributed by atoms with Crippen LogP contribution in [0.3, 0.4) is 0 Å². The van der Waals surface area contributed by atoms with Crippen molar-refractivity contribution in [3.63, 3.8) is 0 Å². The topological polar surface area (TPSA) is 30.0 Å². The summed E-state index contributed by atoms with van der Waals surface area (Å²) in [5.41, 5.74) is 1.83. The van der Waals surface area contributed by atoms with Gasteiger partial charge >= 0.3 is 0 Å². The van der Waals surface area contributed by atoms with Crippen LogP contribution in [0.25, 0.3) is 0 Å². The lowest BCUT2D eigenvalue weighted by Gasteiger charge is -2.13. The molecule has 0 unspecified atom stereocenters. The number of ketones is 1. The summed E-state index contributed by atoms with van der Waals surface area (Å²) in [4.78, 5) is 15.9. The smallest absolute Gasteiger partial charge is 0.164 e. The van der Waals surface area contributed by atoms with Gasteiger partial charge in [0.15, 0.2) is 5.78 Å². The van der Waals surface area contributed by atoms with Crippen LogP contribution in [0.2, 0.25) is 0 Å². The molecule has 1 aliphatic carbocycles. The highest BCUT2D eigenvalue weighted by atomic mass is 32.2. The number of Topliss-reactive ketones (excluding diaryl/α,β-unsaturated/α-hetero) is 1. The number of fused-ring (bicyclic) bond motifs is 1. The zero-order valence-corrected chi connectivity index (χ0v) is 8.36. The summed E-state index contributed by atoms with van der Waals surface area (Å²) >= 11 is 1.62. The highest BCUT2D eigenvalue weighted by Gasteiger charge is 2.17. The van der Waals surface area contributed by atoms with Gasteiger partial charge in [0.2, 0.25) is 0 Å². The number of hydrogen-bond donors (Lipinski definition) is 0. The summed E-state index contributed by atoms with van der Waals surface area (Å²) in [6.45, 7) is 0. The summed E-state index contributed by atoms with van der Waals surface area (Å²) in [6, 6.07) is 3.84. The summed E-state index contributed by atoms with van der Waals surface area (Å²) in [7, 11) is 0. The molecule has 0 aromatic carbocycles. The maximum Gasteiger partial charge on any atom is 0.164 e.